The van der Waals surface area contributed by atoms with Crippen LogP contribution in [0.25, 0.3) is 0 Å². The van der Waals surface area contributed by atoms with E-state index in [2.05, 4.69) is 19.2 Å². The second-order valence-corrected chi connectivity index (χ2v) is 4.70. The van der Waals surface area contributed by atoms with E-state index in [4.69, 9.17) is 9.47 Å². The Morgan fingerprint density at radius 3 is 2.58 bits per heavy atom. The number of anilines is 1. The van der Waals surface area contributed by atoms with Crippen LogP contribution in [0.1, 0.15) is 27.2 Å². The minimum atomic E-state index is -0.177. The highest BCUT2D eigenvalue weighted by Crippen LogP contribution is 2.26. The zero-order chi connectivity index (χ0) is 14.3. The largest absolute Gasteiger partial charge is 0.495 e. The van der Waals surface area contributed by atoms with Gasteiger partial charge in [0.25, 0.3) is 0 Å². The summed E-state index contributed by atoms with van der Waals surface area (Å²) in [5, 5.41) is 3.36. The lowest BCUT2D eigenvalue weighted by atomic mass is 10.0. The first-order valence-corrected chi connectivity index (χ1v) is 6.63. The van der Waals surface area contributed by atoms with Crippen molar-refractivity contribution >= 4 is 11.7 Å². The number of ether oxygens (including phenoxy) is 2. The van der Waals surface area contributed by atoms with Crippen LogP contribution < -0.4 is 10.1 Å². The van der Waals surface area contributed by atoms with Gasteiger partial charge in [0.1, 0.15) is 5.75 Å². The molecule has 0 amide bonds. The Kier molecular flexibility index (Phi) is 6.19. The molecule has 0 fully saturated rings. The van der Waals surface area contributed by atoms with E-state index < -0.39 is 0 Å². The minimum Gasteiger partial charge on any atom is -0.495 e. The first kappa shape index (κ1) is 15.3. The van der Waals surface area contributed by atoms with Gasteiger partial charge in [-0.1, -0.05) is 26.0 Å². The van der Waals surface area contributed by atoms with E-state index >= 15 is 0 Å². The summed E-state index contributed by atoms with van der Waals surface area (Å²) in [4.78, 5) is 11.6. The van der Waals surface area contributed by atoms with Gasteiger partial charge in [-0.15, -0.1) is 0 Å². The number of benzene rings is 1. The van der Waals surface area contributed by atoms with Crippen molar-refractivity contribution in [3.8, 4) is 5.75 Å². The number of carbonyl (C=O) groups is 1. The summed E-state index contributed by atoms with van der Waals surface area (Å²) in [6.07, 6.45) is 0.351. The molecule has 0 spiro atoms. The first-order chi connectivity index (χ1) is 9.08. The zero-order valence-electron chi connectivity index (χ0n) is 12.1. The molecule has 4 nitrogen and oxygen atoms in total. The molecule has 0 aliphatic carbocycles. The number of para-hydroxylation sites is 2. The second-order valence-electron chi connectivity index (χ2n) is 4.70. The van der Waals surface area contributed by atoms with E-state index in [1.807, 2.05) is 31.2 Å². The molecule has 0 radical (unpaired) electrons. The van der Waals surface area contributed by atoms with Gasteiger partial charge >= 0.3 is 5.97 Å². The Bertz CT molecular complexity index is 404. The molecule has 0 saturated heterocycles. The topological polar surface area (TPSA) is 47.6 Å². The van der Waals surface area contributed by atoms with Gasteiger partial charge in [0, 0.05) is 6.04 Å². The maximum atomic E-state index is 11.6. The predicted molar refractivity (Wildman–Crippen MR) is 76.5 cm³/mol. The van der Waals surface area contributed by atoms with Gasteiger partial charge in [0.15, 0.2) is 0 Å². The summed E-state index contributed by atoms with van der Waals surface area (Å²) in [5.41, 5.74) is 0.896. The number of methoxy groups -OCH3 is 1. The molecule has 0 saturated carbocycles. The number of rotatable bonds is 7. The van der Waals surface area contributed by atoms with Crippen molar-refractivity contribution < 1.29 is 14.3 Å². The molecule has 1 aromatic rings. The van der Waals surface area contributed by atoms with Crippen molar-refractivity contribution in [2.24, 2.45) is 5.92 Å². The number of hydrogen-bond donors (Lipinski definition) is 1. The van der Waals surface area contributed by atoms with Crippen LogP contribution in [0, 0.1) is 5.92 Å². The van der Waals surface area contributed by atoms with Crippen LogP contribution in [0.5, 0.6) is 5.75 Å². The highest BCUT2D eigenvalue weighted by Gasteiger charge is 2.19. The van der Waals surface area contributed by atoms with E-state index in [0.717, 1.165) is 11.4 Å². The van der Waals surface area contributed by atoms with Gasteiger partial charge in [-0.05, 0) is 25.0 Å². The summed E-state index contributed by atoms with van der Waals surface area (Å²) in [7, 11) is 1.64. The van der Waals surface area contributed by atoms with Crippen molar-refractivity contribution in [3.05, 3.63) is 24.3 Å². The molecule has 1 rings (SSSR count). The SMILES string of the molecule is CCOC(=O)CC(Nc1ccccc1OC)C(C)C. The van der Waals surface area contributed by atoms with Crippen LogP contribution in [0.4, 0.5) is 5.69 Å². The van der Waals surface area contributed by atoms with Gasteiger partial charge in [0.05, 0.1) is 25.8 Å². The van der Waals surface area contributed by atoms with E-state index in [-0.39, 0.29) is 12.0 Å². The van der Waals surface area contributed by atoms with E-state index in [1.165, 1.54) is 0 Å². The summed E-state index contributed by atoms with van der Waals surface area (Å²) in [5.74, 6) is 0.912. The fourth-order valence-corrected chi connectivity index (χ4v) is 1.82. The average molecular weight is 265 g/mol. The van der Waals surface area contributed by atoms with E-state index in [1.54, 1.807) is 7.11 Å². The van der Waals surface area contributed by atoms with Gasteiger partial charge in [0.2, 0.25) is 0 Å². The summed E-state index contributed by atoms with van der Waals surface area (Å²) >= 11 is 0. The molecule has 0 aliphatic heterocycles. The third kappa shape index (κ3) is 4.81. The van der Waals surface area contributed by atoms with Crippen molar-refractivity contribution in [3.63, 3.8) is 0 Å². The van der Waals surface area contributed by atoms with Crippen LogP contribution in [0.15, 0.2) is 24.3 Å². The Hall–Kier alpha value is -1.71. The molecule has 1 unspecified atom stereocenters. The molecule has 0 heterocycles. The maximum Gasteiger partial charge on any atom is 0.307 e. The lowest BCUT2D eigenvalue weighted by Gasteiger charge is -2.23. The van der Waals surface area contributed by atoms with Crippen LogP contribution in [-0.4, -0.2) is 25.7 Å². The van der Waals surface area contributed by atoms with Crippen molar-refractivity contribution in [1.29, 1.82) is 0 Å². The van der Waals surface area contributed by atoms with Gasteiger partial charge in [-0.3, -0.25) is 4.79 Å². The molecule has 1 atom stereocenters. The molecule has 106 valence electrons. The van der Waals surface area contributed by atoms with Crippen molar-refractivity contribution in [2.45, 2.75) is 33.2 Å². The monoisotopic (exact) mass is 265 g/mol. The minimum absolute atomic E-state index is 0.0235. The van der Waals surface area contributed by atoms with Crippen LogP contribution in [-0.2, 0) is 9.53 Å². The highest BCUT2D eigenvalue weighted by molar-refractivity contribution is 5.71. The zero-order valence-corrected chi connectivity index (χ0v) is 12.1. The third-order valence-electron chi connectivity index (χ3n) is 2.94. The Balaban J connectivity index is 2.75. The summed E-state index contributed by atoms with van der Waals surface area (Å²) in [6, 6.07) is 7.71. The van der Waals surface area contributed by atoms with E-state index in [0.29, 0.717) is 18.9 Å². The van der Waals surface area contributed by atoms with Crippen LogP contribution in [0.2, 0.25) is 0 Å². The Labute approximate surface area is 115 Å². The van der Waals surface area contributed by atoms with Gasteiger partial charge in [-0.2, -0.15) is 0 Å². The molecule has 4 heteroatoms. The Morgan fingerprint density at radius 1 is 1.32 bits per heavy atom. The van der Waals surface area contributed by atoms with Crippen molar-refractivity contribution in [2.75, 3.05) is 19.0 Å². The number of nitrogens with one attached hydrogen (secondary N) is 1. The van der Waals surface area contributed by atoms with Crippen molar-refractivity contribution in [1.82, 2.24) is 0 Å². The third-order valence-corrected chi connectivity index (χ3v) is 2.94. The number of hydrogen-bond acceptors (Lipinski definition) is 4. The highest BCUT2D eigenvalue weighted by atomic mass is 16.5. The molecular weight excluding hydrogens is 242 g/mol. The van der Waals surface area contributed by atoms with E-state index in [9.17, 15) is 4.79 Å². The normalized spacial score (nSPS) is 12.1. The molecule has 0 bridgehead atoms. The van der Waals surface area contributed by atoms with Gasteiger partial charge in [-0.25, -0.2) is 0 Å². The quantitative estimate of drug-likeness (QED) is 0.770. The molecule has 0 aliphatic rings. The predicted octanol–water partition coefficient (Wildman–Crippen LogP) is 3.08. The lowest BCUT2D eigenvalue weighted by molar-refractivity contribution is -0.143. The average Bonchev–Trinajstić information content (AvgIpc) is 2.38. The lowest BCUT2D eigenvalue weighted by Crippen LogP contribution is -2.29. The summed E-state index contributed by atoms with van der Waals surface area (Å²) in [6.45, 7) is 6.38. The van der Waals surface area contributed by atoms with Gasteiger partial charge < -0.3 is 14.8 Å². The van der Waals surface area contributed by atoms with Crippen LogP contribution >= 0.6 is 0 Å². The molecule has 1 N–H and O–H groups in total. The first-order valence-electron chi connectivity index (χ1n) is 6.63. The smallest absolute Gasteiger partial charge is 0.307 e. The molecule has 19 heavy (non-hydrogen) atoms. The fraction of sp³-hybridized carbons (Fsp3) is 0.533. The standard InChI is InChI=1S/C15H23NO3/c1-5-19-15(17)10-13(11(2)3)16-12-8-6-7-9-14(12)18-4/h6-9,11,13,16H,5,10H2,1-4H3. The fourth-order valence-electron chi connectivity index (χ4n) is 1.82. The number of esters is 1. The Morgan fingerprint density at radius 2 is 2.00 bits per heavy atom. The maximum absolute atomic E-state index is 11.6. The molecule has 1 aromatic carbocycles. The number of carbonyl (C=O) groups excluding carboxylic acids is 1. The molecule has 0 aromatic heterocycles. The molecular formula is C15H23NO3. The van der Waals surface area contributed by atoms with Crippen LogP contribution in [0.3, 0.4) is 0 Å². The summed E-state index contributed by atoms with van der Waals surface area (Å²) < 4.78 is 10.3. The second kappa shape index (κ2) is 7.67.